The Balaban J connectivity index is 2.28. The number of likely N-dealkylation sites (tertiary alicyclic amines) is 1. The molecule has 3 N–H and O–H groups in total. The highest BCUT2D eigenvalue weighted by molar-refractivity contribution is 5.90. The summed E-state index contributed by atoms with van der Waals surface area (Å²) < 4.78 is 17.0. The minimum Gasteiger partial charge on any atom is -0.467 e. The number of likely N-dealkylation sites (N-methyl/N-ethyl adjacent to an activating group) is 2. The maximum atomic E-state index is 14.4. The van der Waals surface area contributed by atoms with Gasteiger partial charge in [-0.25, -0.2) is 4.79 Å². The molecule has 0 aliphatic carbocycles. The summed E-state index contributed by atoms with van der Waals surface area (Å²) in [6.07, 6.45) is 1.95. The van der Waals surface area contributed by atoms with Gasteiger partial charge in [-0.2, -0.15) is 0 Å². The number of carbonyl (C=O) groups excluding carboxylic acids is 5. The van der Waals surface area contributed by atoms with Crippen LogP contribution in [0, 0.1) is 23.7 Å². The molecule has 1 aromatic rings. The Bertz CT molecular complexity index is 1430. The topological polar surface area (TPSA) is 159 Å². The molecular formula is C44H76N6O8. The van der Waals surface area contributed by atoms with E-state index in [1.54, 1.807) is 30.9 Å². The van der Waals surface area contributed by atoms with E-state index < -0.39 is 54.3 Å². The maximum absolute atomic E-state index is 14.4. The SMILES string of the molecule is CCC(C)C(C(CC(=O)N1CCCC1C(OC)C(C)C(=O)NC(Cc1ccccc1)C(=O)OC)OC)N(C)C(=O)C(NC(=O)C(C(C)C)N(C)CCCNC)C(C)C. The number of ether oxygens (including phenoxy) is 3. The lowest BCUT2D eigenvalue weighted by Gasteiger charge is -2.41. The number of esters is 1. The van der Waals surface area contributed by atoms with Gasteiger partial charge in [-0.05, 0) is 69.8 Å². The minimum atomic E-state index is -0.893. The number of nitrogens with zero attached hydrogens (tertiary/aromatic N) is 3. The third-order valence-corrected chi connectivity index (χ3v) is 11.9. The zero-order chi connectivity index (χ0) is 43.7. The lowest BCUT2D eigenvalue weighted by molar-refractivity contribution is -0.149. The molecule has 1 heterocycles. The van der Waals surface area contributed by atoms with E-state index in [-0.39, 0.29) is 54.2 Å². The maximum Gasteiger partial charge on any atom is 0.328 e. The molecule has 14 heteroatoms. The number of rotatable bonds is 25. The molecule has 1 aliphatic heterocycles. The largest absolute Gasteiger partial charge is 0.467 e. The van der Waals surface area contributed by atoms with Crippen molar-refractivity contribution in [3.8, 4) is 0 Å². The minimum absolute atomic E-state index is 0.00364. The van der Waals surface area contributed by atoms with Crippen LogP contribution in [0.1, 0.15) is 86.1 Å². The van der Waals surface area contributed by atoms with Crippen molar-refractivity contribution < 1.29 is 38.2 Å². The van der Waals surface area contributed by atoms with Gasteiger partial charge in [0.1, 0.15) is 12.1 Å². The Morgan fingerprint density at radius 2 is 1.55 bits per heavy atom. The third-order valence-electron chi connectivity index (χ3n) is 11.9. The lowest BCUT2D eigenvalue weighted by atomic mass is 9.89. The van der Waals surface area contributed by atoms with Gasteiger partial charge in [0.25, 0.3) is 0 Å². The summed E-state index contributed by atoms with van der Waals surface area (Å²) in [6, 6.07) is 6.44. The number of hydrogen-bond acceptors (Lipinski definition) is 10. The summed E-state index contributed by atoms with van der Waals surface area (Å²) in [6.45, 7) is 15.8. The van der Waals surface area contributed by atoms with E-state index in [0.29, 0.717) is 13.0 Å². The Morgan fingerprint density at radius 3 is 2.09 bits per heavy atom. The third kappa shape index (κ3) is 14.0. The zero-order valence-electron chi connectivity index (χ0n) is 37.7. The highest BCUT2D eigenvalue weighted by atomic mass is 16.5. The standard InChI is InChI=1S/C44H76N6O8/c1-14-30(6)39(49(10)43(54)37(28(2)3)47-42(53)38(29(4)5)48(9)24-19-23-45-8)35(56-11)27-36(51)50-25-18-22-34(50)40(57-12)31(7)41(52)46-33(44(55)58-13)26-32-20-16-15-17-21-32/h15-17,20-21,28-31,33-35,37-40,45H,14,18-19,22-27H2,1-13H3,(H,46,52)(H,47,53). The van der Waals surface area contributed by atoms with Crippen LogP contribution in [0.25, 0.3) is 0 Å². The molecule has 14 nitrogen and oxygen atoms in total. The Labute approximate surface area is 348 Å². The molecule has 9 atom stereocenters. The molecule has 1 saturated heterocycles. The number of methoxy groups -OCH3 is 3. The first kappa shape index (κ1) is 50.6. The van der Waals surface area contributed by atoms with Gasteiger partial charge in [0.05, 0.1) is 49.8 Å². The van der Waals surface area contributed by atoms with Crippen molar-refractivity contribution in [2.24, 2.45) is 23.7 Å². The van der Waals surface area contributed by atoms with E-state index in [1.165, 1.54) is 14.2 Å². The lowest BCUT2D eigenvalue weighted by Crippen LogP contribution is -2.60. The first-order chi connectivity index (χ1) is 27.5. The van der Waals surface area contributed by atoms with Crippen molar-refractivity contribution in [1.82, 2.24) is 30.7 Å². The van der Waals surface area contributed by atoms with Gasteiger partial charge < -0.3 is 40.0 Å². The fourth-order valence-electron chi connectivity index (χ4n) is 8.42. The smallest absolute Gasteiger partial charge is 0.328 e. The van der Waals surface area contributed by atoms with Crippen LogP contribution in [0.15, 0.2) is 30.3 Å². The van der Waals surface area contributed by atoms with Crippen LogP contribution in [0.4, 0.5) is 0 Å². The number of benzene rings is 1. The van der Waals surface area contributed by atoms with Crippen molar-refractivity contribution >= 4 is 29.6 Å². The van der Waals surface area contributed by atoms with Crippen molar-refractivity contribution in [1.29, 1.82) is 0 Å². The number of amides is 4. The highest BCUT2D eigenvalue weighted by Crippen LogP contribution is 2.30. The molecule has 330 valence electrons. The average Bonchev–Trinajstić information content (AvgIpc) is 3.68. The molecular weight excluding hydrogens is 741 g/mol. The van der Waals surface area contributed by atoms with E-state index >= 15 is 0 Å². The summed E-state index contributed by atoms with van der Waals surface area (Å²) >= 11 is 0. The molecule has 0 aromatic heterocycles. The van der Waals surface area contributed by atoms with Crippen LogP contribution >= 0.6 is 0 Å². The van der Waals surface area contributed by atoms with E-state index in [2.05, 4.69) is 20.9 Å². The Morgan fingerprint density at radius 1 is 0.897 bits per heavy atom. The molecule has 0 radical (unpaired) electrons. The number of nitrogens with one attached hydrogen (secondary N) is 3. The van der Waals surface area contributed by atoms with Crippen molar-refractivity contribution in [2.45, 2.75) is 129 Å². The first-order valence-corrected chi connectivity index (χ1v) is 21.2. The van der Waals surface area contributed by atoms with Gasteiger partial charge in [0, 0.05) is 34.2 Å². The van der Waals surface area contributed by atoms with Gasteiger partial charge in [-0.1, -0.05) is 85.2 Å². The van der Waals surface area contributed by atoms with E-state index in [4.69, 9.17) is 14.2 Å². The van der Waals surface area contributed by atoms with E-state index in [9.17, 15) is 24.0 Å². The molecule has 58 heavy (non-hydrogen) atoms. The molecule has 9 unspecified atom stereocenters. The number of carbonyl (C=O) groups is 5. The Hall–Kier alpha value is -3.59. The molecule has 0 spiro atoms. The van der Waals surface area contributed by atoms with Gasteiger partial charge in [0.15, 0.2) is 0 Å². The molecule has 1 aliphatic rings. The van der Waals surface area contributed by atoms with Crippen molar-refractivity contribution in [2.75, 3.05) is 62.1 Å². The second-order valence-electron chi connectivity index (χ2n) is 16.7. The van der Waals surface area contributed by atoms with Crippen LogP contribution < -0.4 is 16.0 Å². The molecule has 0 saturated carbocycles. The van der Waals surface area contributed by atoms with Gasteiger partial charge in [-0.15, -0.1) is 0 Å². The monoisotopic (exact) mass is 817 g/mol. The van der Waals surface area contributed by atoms with Crippen molar-refractivity contribution in [3.63, 3.8) is 0 Å². The summed E-state index contributed by atoms with van der Waals surface area (Å²) in [7, 11) is 9.97. The summed E-state index contributed by atoms with van der Waals surface area (Å²) in [5.41, 5.74) is 0.876. The molecule has 4 amide bonds. The second-order valence-corrected chi connectivity index (χ2v) is 16.7. The molecule has 2 rings (SSSR count). The van der Waals surface area contributed by atoms with E-state index in [1.807, 2.05) is 86.0 Å². The summed E-state index contributed by atoms with van der Waals surface area (Å²) in [5.74, 6) is -2.43. The normalized spacial score (nSPS) is 18.6. The van der Waals surface area contributed by atoms with Gasteiger partial charge in [-0.3, -0.25) is 24.1 Å². The van der Waals surface area contributed by atoms with Crippen molar-refractivity contribution in [3.05, 3.63) is 35.9 Å². The van der Waals surface area contributed by atoms with E-state index in [0.717, 1.165) is 37.9 Å². The molecule has 1 aromatic carbocycles. The van der Waals surface area contributed by atoms with Gasteiger partial charge >= 0.3 is 5.97 Å². The highest BCUT2D eigenvalue weighted by Gasteiger charge is 2.43. The van der Waals surface area contributed by atoms with Crippen LogP contribution in [0.3, 0.4) is 0 Å². The summed E-state index contributed by atoms with van der Waals surface area (Å²) in [5, 5.41) is 9.12. The second kappa shape index (κ2) is 25.1. The quantitative estimate of drug-likeness (QED) is 0.0986. The van der Waals surface area contributed by atoms with Gasteiger partial charge in [0.2, 0.25) is 23.6 Å². The fourth-order valence-corrected chi connectivity index (χ4v) is 8.42. The summed E-state index contributed by atoms with van der Waals surface area (Å²) in [4.78, 5) is 74.5. The number of hydrogen-bond donors (Lipinski definition) is 3. The molecule has 1 fully saturated rings. The predicted molar refractivity (Wildman–Crippen MR) is 227 cm³/mol. The fraction of sp³-hybridized carbons (Fsp3) is 0.750. The first-order valence-electron chi connectivity index (χ1n) is 21.2. The van der Waals surface area contributed by atoms with Crippen LogP contribution in [-0.2, 0) is 44.6 Å². The molecule has 0 bridgehead atoms. The average molecular weight is 817 g/mol. The van der Waals surface area contributed by atoms with Crippen LogP contribution in [0.5, 0.6) is 0 Å². The Kier molecular flexibility index (Phi) is 21.9. The van der Waals surface area contributed by atoms with Crippen LogP contribution in [0.2, 0.25) is 0 Å². The predicted octanol–water partition coefficient (Wildman–Crippen LogP) is 3.51. The zero-order valence-corrected chi connectivity index (χ0v) is 37.7. The van der Waals surface area contributed by atoms with Crippen LogP contribution in [-0.4, -0.2) is 149 Å².